The lowest BCUT2D eigenvalue weighted by Gasteiger charge is -2.08. The van der Waals surface area contributed by atoms with Gasteiger partial charge in [-0.2, -0.15) is 5.10 Å². The van der Waals surface area contributed by atoms with Gasteiger partial charge in [0.2, 0.25) is 0 Å². The van der Waals surface area contributed by atoms with E-state index in [0.29, 0.717) is 0 Å². The Morgan fingerprint density at radius 1 is 1.33 bits per heavy atom. The molecular formula is C11H10BrF2N3O3S. The molecule has 2 aromatic rings. The number of aliphatic hydroxyl groups is 1. The van der Waals surface area contributed by atoms with E-state index in [2.05, 4.69) is 21.0 Å². The van der Waals surface area contributed by atoms with Crippen molar-refractivity contribution in [2.75, 3.05) is 11.3 Å². The first kappa shape index (κ1) is 15.9. The lowest BCUT2D eigenvalue weighted by molar-refractivity contribution is 0.269. The van der Waals surface area contributed by atoms with E-state index in [9.17, 15) is 17.2 Å². The summed E-state index contributed by atoms with van der Waals surface area (Å²) in [6.45, 7) is -0.110. The first-order chi connectivity index (χ1) is 9.83. The zero-order chi connectivity index (χ0) is 15.6. The van der Waals surface area contributed by atoms with E-state index in [1.54, 1.807) is 0 Å². The Morgan fingerprint density at radius 2 is 1.95 bits per heavy atom. The van der Waals surface area contributed by atoms with Gasteiger partial charge in [-0.25, -0.2) is 17.2 Å². The Balaban J connectivity index is 2.33. The molecule has 6 nitrogen and oxygen atoms in total. The lowest BCUT2D eigenvalue weighted by atomic mass is 10.3. The predicted molar refractivity (Wildman–Crippen MR) is 74.2 cm³/mol. The van der Waals surface area contributed by atoms with Crippen LogP contribution in [0.15, 0.2) is 33.9 Å². The highest BCUT2D eigenvalue weighted by Gasteiger charge is 2.21. The molecule has 0 aliphatic carbocycles. The number of aromatic nitrogens is 2. The molecule has 21 heavy (non-hydrogen) atoms. The number of aliphatic hydroxyl groups excluding tert-OH is 1. The molecule has 10 heteroatoms. The van der Waals surface area contributed by atoms with E-state index in [-0.39, 0.29) is 22.5 Å². The number of rotatable bonds is 5. The molecule has 0 bridgehead atoms. The number of halogens is 3. The highest BCUT2D eigenvalue weighted by atomic mass is 79.9. The van der Waals surface area contributed by atoms with E-state index in [1.165, 1.54) is 4.68 Å². The van der Waals surface area contributed by atoms with Gasteiger partial charge in [0.1, 0.15) is 10.6 Å². The monoisotopic (exact) mass is 381 g/mol. The van der Waals surface area contributed by atoms with E-state index >= 15 is 0 Å². The van der Waals surface area contributed by atoms with Gasteiger partial charge in [-0.3, -0.25) is 9.40 Å². The first-order valence-electron chi connectivity index (χ1n) is 5.64. The zero-order valence-electron chi connectivity index (χ0n) is 10.4. The molecule has 2 N–H and O–H groups in total. The van der Waals surface area contributed by atoms with Gasteiger partial charge in [0, 0.05) is 10.7 Å². The lowest BCUT2D eigenvalue weighted by Crippen LogP contribution is -2.15. The van der Waals surface area contributed by atoms with Crippen LogP contribution in [0.1, 0.15) is 0 Å². The second-order valence-electron chi connectivity index (χ2n) is 4.01. The molecule has 0 fully saturated rings. The van der Waals surface area contributed by atoms with Gasteiger partial charge in [0.05, 0.1) is 19.3 Å². The van der Waals surface area contributed by atoms with Crippen LogP contribution in [-0.4, -0.2) is 29.9 Å². The van der Waals surface area contributed by atoms with Crippen LogP contribution in [0.5, 0.6) is 0 Å². The van der Waals surface area contributed by atoms with Crippen LogP contribution in [0.25, 0.3) is 0 Å². The Labute approximate surface area is 127 Å². The fraction of sp³-hybridized carbons (Fsp3) is 0.182. The van der Waals surface area contributed by atoms with Crippen LogP contribution < -0.4 is 4.72 Å². The van der Waals surface area contributed by atoms with Crippen LogP contribution in [-0.2, 0) is 16.6 Å². The Morgan fingerprint density at radius 3 is 2.52 bits per heavy atom. The molecule has 0 saturated heterocycles. The Kier molecular flexibility index (Phi) is 4.59. The van der Waals surface area contributed by atoms with Gasteiger partial charge >= 0.3 is 0 Å². The summed E-state index contributed by atoms with van der Waals surface area (Å²) in [5.74, 6) is -2.10. The number of hydrogen-bond acceptors (Lipinski definition) is 4. The van der Waals surface area contributed by atoms with Crippen molar-refractivity contribution < 1.29 is 22.3 Å². The number of hydrogen-bond donors (Lipinski definition) is 2. The summed E-state index contributed by atoms with van der Waals surface area (Å²) < 4.78 is 54.5. The first-order valence-corrected chi connectivity index (χ1v) is 7.92. The molecule has 0 radical (unpaired) electrons. The van der Waals surface area contributed by atoms with Crippen LogP contribution >= 0.6 is 15.9 Å². The second-order valence-corrected chi connectivity index (χ2v) is 6.61. The van der Waals surface area contributed by atoms with Gasteiger partial charge in [-0.15, -0.1) is 0 Å². The van der Waals surface area contributed by atoms with Crippen molar-refractivity contribution in [2.45, 2.75) is 11.4 Å². The standard InChI is InChI=1S/C11H10BrF2N3O3S/c12-7-3-9(13)11(10(14)4-7)16-21(19,20)8-5-15-17(6-8)1-2-18/h3-6,16,18H,1-2H2. The molecule has 2 rings (SSSR count). The van der Waals surface area contributed by atoms with Crippen LogP contribution in [0.3, 0.4) is 0 Å². The molecule has 114 valence electrons. The van der Waals surface area contributed by atoms with Crippen LogP contribution in [0, 0.1) is 11.6 Å². The van der Waals surface area contributed by atoms with Gasteiger partial charge < -0.3 is 5.11 Å². The maximum absolute atomic E-state index is 13.6. The quantitative estimate of drug-likeness (QED) is 0.825. The third-order valence-corrected chi connectivity index (χ3v) is 4.25. The van der Waals surface area contributed by atoms with Gasteiger partial charge in [-0.05, 0) is 12.1 Å². The van der Waals surface area contributed by atoms with E-state index in [4.69, 9.17) is 5.11 Å². The average Bonchev–Trinajstić information content (AvgIpc) is 2.84. The van der Waals surface area contributed by atoms with Crippen molar-refractivity contribution in [1.82, 2.24) is 9.78 Å². The van der Waals surface area contributed by atoms with Crippen molar-refractivity contribution in [2.24, 2.45) is 0 Å². The fourth-order valence-electron chi connectivity index (χ4n) is 1.54. The summed E-state index contributed by atoms with van der Waals surface area (Å²) in [4.78, 5) is -0.266. The minimum atomic E-state index is -4.18. The largest absolute Gasteiger partial charge is 0.394 e. The molecular weight excluding hydrogens is 372 g/mol. The van der Waals surface area contributed by atoms with Gasteiger partial charge in [-0.1, -0.05) is 15.9 Å². The third kappa shape index (κ3) is 3.57. The molecule has 1 heterocycles. The number of nitrogens with one attached hydrogen (secondary N) is 1. The number of sulfonamides is 1. The van der Waals surface area contributed by atoms with Crippen molar-refractivity contribution in [3.05, 3.63) is 40.6 Å². The van der Waals surface area contributed by atoms with E-state index in [0.717, 1.165) is 24.5 Å². The normalized spacial score (nSPS) is 11.6. The molecule has 0 aliphatic heterocycles. The Hall–Kier alpha value is -1.52. The van der Waals surface area contributed by atoms with Gasteiger partial charge in [0.15, 0.2) is 11.6 Å². The Bertz CT molecular complexity index is 741. The molecule has 1 aromatic heterocycles. The third-order valence-electron chi connectivity index (χ3n) is 2.49. The second kappa shape index (κ2) is 6.08. The summed E-state index contributed by atoms with van der Waals surface area (Å²) in [6, 6.07) is 1.88. The topological polar surface area (TPSA) is 84.2 Å². The van der Waals surface area contributed by atoms with Gasteiger partial charge in [0.25, 0.3) is 10.0 Å². The van der Waals surface area contributed by atoms with Crippen LogP contribution in [0.2, 0.25) is 0 Å². The van der Waals surface area contributed by atoms with Crippen LogP contribution in [0.4, 0.5) is 14.5 Å². The molecule has 0 unspecified atom stereocenters. The molecule has 0 aliphatic rings. The number of benzene rings is 1. The average molecular weight is 382 g/mol. The molecule has 0 saturated carbocycles. The summed E-state index contributed by atoms with van der Waals surface area (Å²) in [5.41, 5.74) is -0.770. The predicted octanol–water partition coefficient (Wildman–Crippen LogP) is 1.72. The van der Waals surface area contributed by atoms with E-state index < -0.39 is 27.3 Å². The zero-order valence-corrected chi connectivity index (χ0v) is 12.8. The minimum absolute atomic E-state index is 0.108. The summed E-state index contributed by atoms with van der Waals surface area (Å²) in [7, 11) is -4.18. The smallest absolute Gasteiger partial charge is 0.265 e. The summed E-state index contributed by atoms with van der Waals surface area (Å²) in [5, 5.41) is 12.5. The molecule has 1 aromatic carbocycles. The van der Waals surface area contributed by atoms with Crippen molar-refractivity contribution in [1.29, 1.82) is 0 Å². The number of nitrogens with zero attached hydrogens (tertiary/aromatic N) is 2. The van der Waals surface area contributed by atoms with Crippen molar-refractivity contribution >= 4 is 31.6 Å². The van der Waals surface area contributed by atoms with Crippen molar-refractivity contribution in [3.8, 4) is 0 Å². The minimum Gasteiger partial charge on any atom is -0.394 e. The highest BCUT2D eigenvalue weighted by molar-refractivity contribution is 9.10. The SMILES string of the molecule is O=S(=O)(Nc1c(F)cc(Br)cc1F)c1cnn(CCO)c1. The van der Waals surface area contributed by atoms with Crippen molar-refractivity contribution in [3.63, 3.8) is 0 Å². The molecule has 0 spiro atoms. The maximum atomic E-state index is 13.6. The molecule has 0 amide bonds. The molecule has 0 atom stereocenters. The summed E-state index contributed by atoms with van der Waals surface area (Å²) >= 11 is 2.90. The fourth-order valence-corrected chi connectivity index (χ4v) is 2.97. The number of anilines is 1. The highest BCUT2D eigenvalue weighted by Crippen LogP contribution is 2.26. The van der Waals surface area contributed by atoms with E-state index in [1.807, 2.05) is 4.72 Å². The maximum Gasteiger partial charge on any atom is 0.265 e. The summed E-state index contributed by atoms with van der Waals surface area (Å²) in [6.07, 6.45) is 2.17.